The number of hydrogen-bond acceptors (Lipinski definition) is 7. The van der Waals surface area contributed by atoms with Gasteiger partial charge in [0.25, 0.3) is 5.69 Å². The third-order valence-electron chi connectivity index (χ3n) is 2.95. The molecule has 3 rings (SSSR count). The van der Waals surface area contributed by atoms with Crippen LogP contribution in [0.1, 0.15) is 5.69 Å². The van der Waals surface area contributed by atoms with Crippen molar-refractivity contribution >= 4 is 17.7 Å². The van der Waals surface area contributed by atoms with Crippen molar-refractivity contribution in [1.29, 1.82) is 0 Å². The molecule has 0 spiro atoms. The Morgan fingerprint density at radius 1 is 1.13 bits per heavy atom. The van der Waals surface area contributed by atoms with Crippen LogP contribution in [-0.2, 0) is 4.79 Å². The highest BCUT2D eigenvalue weighted by Crippen LogP contribution is 2.18. The minimum atomic E-state index is -0.478. The molecule has 3 aromatic rings. The molecule has 0 unspecified atom stereocenters. The molecule has 2 aromatic heterocycles. The minimum absolute atomic E-state index is 0.0126. The van der Waals surface area contributed by atoms with Gasteiger partial charge in [-0.15, -0.1) is 5.10 Å². The zero-order chi connectivity index (χ0) is 16.2. The lowest BCUT2D eigenvalue weighted by atomic mass is 10.3. The number of rotatable bonds is 4. The number of nitro groups is 1. The van der Waals surface area contributed by atoms with Gasteiger partial charge in [-0.2, -0.15) is 0 Å². The van der Waals surface area contributed by atoms with Crippen molar-refractivity contribution in [3.05, 3.63) is 58.8 Å². The first-order valence-electron chi connectivity index (χ1n) is 6.38. The van der Waals surface area contributed by atoms with Crippen molar-refractivity contribution in [2.24, 2.45) is 0 Å². The molecule has 0 saturated heterocycles. The van der Waals surface area contributed by atoms with E-state index in [1.54, 1.807) is 18.1 Å². The van der Waals surface area contributed by atoms with Gasteiger partial charge in [-0.1, -0.05) is 0 Å². The lowest BCUT2D eigenvalue weighted by molar-refractivity contribution is -0.384. The summed E-state index contributed by atoms with van der Waals surface area (Å²) in [6.07, 6.45) is 5.50. The predicted molar refractivity (Wildman–Crippen MR) is 79.2 cm³/mol. The predicted octanol–water partition coefficient (Wildman–Crippen LogP) is 1.48. The fourth-order valence-corrected chi connectivity index (χ4v) is 1.91. The molecule has 9 heteroatoms. The highest BCUT2D eigenvalue weighted by Gasteiger charge is 2.12. The second-order valence-electron chi connectivity index (χ2n) is 4.34. The van der Waals surface area contributed by atoms with Crippen LogP contribution >= 0.6 is 0 Å². The number of nitro benzene ring substituents is 1. The van der Waals surface area contributed by atoms with Crippen LogP contribution < -0.4 is 0 Å². The zero-order valence-electron chi connectivity index (χ0n) is 11.5. The van der Waals surface area contributed by atoms with Gasteiger partial charge in [-0.3, -0.25) is 15.1 Å². The van der Waals surface area contributed by atoms with Crippen molar-refractivity contribution < 1.29 is 9.72 Å². The van der Waals surface area contributed by atoms with E-state index >= 15 is 0 Å². The first-order chi connectivity index (χ1) is 11.2. The monoisotopic (exact) mass is 308 g/mol. The van der Waals surface area contributed by atoms with Crippen molar-refractivity contribution in [3.63, 3.8) is 0 Å². The van der Waals surface area contributed by atoms with Gasteiger partial charge in [0.1, 0.15) is 23.7 Å². The molecule has 0 aliphatic rings. The number of aromatic nitrogens is 5. The molecule has 2 heterocycles. The fraction of sp³-hybridized carbons (Fsp3) is 0. The van der Waals surface area contributed by atoms with Gasteiger partial charge < -0.3 is 0 Å². The maximum atomic E-state index is 10.7. The Morgan fingerprint density at radius 3 is 2.57 bits per heavy atom. The molecule has 1 aromatic carbocycles. The number of carbonyl (C=O) groups excluding carboxylic acids is 1. The lowest BCUT2D eigenvalue weighted by Crippen LogP contribution is -1.97. The standard InChI is InChI=1S/C14H8N6O3/c21-8-5-12-13(16-7-6-15-12)14-17-9-19(18-14)10-1-3-11(4-2-10)20(22)23/h1-7,9H. The Labute approximate surface area is 129 Å². The van der Waals surface area contributed by atoms with Crippen LogP contribution in [0.4, 0.5) is 5.69 Å². The van der Waals surface area contributed by atoms with Crippen molar-refractivity contribution in [2.75, 3.05) is 0 Å². The average molecular weight is 308 g/mol. The van der Waals surface area contributed by atoms with Crippen molar-refractivity contribution in [3.8, 4) is 17.2 Å². The summed E-state index contributed by atoms with van der Waals surface area (Å²) in [5, 5.41) is 14.9. The van der Waals surface area contributed by atoms with Gasteiger partial charge in [0.15, 0.2) is 0 Å². The van der Waals surface area contributed by atoms with E-state index in [2.05, 4.69) is 20.1 Å². The van der Waals surface area contributed by atoms with Gasteiger partial charge in [0.2, 0.25) is 5.82 Å². The normalized spacial score (nSPS) is 10.1. The molecule has 0 atom stereocenters. The van der Waals surface area contributed by atoms with E-state index in [0.717, 1.165) is 6.08 Å². The first kappa shape index (κ1) is 14.2. The number of benzene rings is 1. The minimum Gasteiger partial charge on any atom is -0.258 e. The molecular weight excluding hydrogens is 300 g/mol. The summed E-state index contributed by atoms with van der Waals surface area (Å²) in [6.45, 7) is 0. The van der Waals surface area contributed by atoms with E-state index in [9.17, 15) is 14.9 Å². The second-order valence-corrected chi connectivity index (χ2v) is 4.34. The quantitative estimate of drug-likeness (QED) is 0.407. The van der Waals surface area contributed by atoms with Crippen molar-refractivity contribution in [1.82, 2.24) is 24.7 Å². The first-order valence-corrected chi connectivity index (χ1v) is 6.38. The molecule has 0 saturated carbocycles. The van der Waals surface area contributed by atoms with Crippen molar-refractivity contribution in [2.45, 2.75) is 0 Å². The van der Waals surface area contributed by atoms with Crippen LogP contribution in [0.3, 0.4) is 0 Å². The van der Waals surface area contributed by atoms with E-state index < -0.39 is 4.92 Å². The highest BCUT2D eigenvalue weighted by atomic mass is 16.6. The largest absolute Gasteiger partial charge is 0.269 e. The number of hydrogen-bond donors (Lipinski definition) is 0. The number of non-ortho nitro benzene ring substituents is 1. The van der Waals surface area contributed by atoms with E-state index in [0.29, 0.717) is 17.1 Å². The van der Waals surface area contributed by atoms with Crippen LogP contribution in [-0.4, -0.2) is 35.6 Å². The Morgan fingerprint density at radius 2 is 1.87 bits per heavy atom. The summed E-state index contributed by atoms with van der Waals surface area (Å²) in [5.41, 5.74) is 1.24. The van der Waals surface area contributed by atoms with Gasteiger partial charge in [0.05, 0.1) is 16.7 Å². The molecule has 112 valence electrons. The Kier molecular flexibility index (Phi) is 3.69. The van der Waals surface area contributed by atoms with Gasteiger partial charge in [-0.25, -0.2) is 19.4 Å². The molecule has 0 N–H and O–H groups in total. The molecule has 9 nitrogen and oxygen atoms in total. The van der Waals surface area contributed by atoms with Gasteiger partial charge in [0, 0.05) is 24.5 Å². The maximum Gasteiger partial charge on any atom is 0.269 e. The third kappa shape index (κ3) is 2.85. The summed E-state index contributed by atoms with van der Waals surface area (Å²) in [6, 6.07) is 5.86. The summed E-state index contributed by atoms with van der Waals surface area (Å²) in [5.74, 6) is 1.92. The number of nitrogens with zero attached hydrogens (tertiary/aromatic N) is 6. The summed E-state index contributed by atoms with van der Waals surface area (Å²) >= 11 is 0. The fourth-order valence-electron chi connectivity index (χ4n) is 1.91. The van der Waals surface area contributed by atoms with Crippen LogP contribution in [0.2, 0.25) is 0 Å². The second kappa shape index (κ2) is 5.96. The molecule has 0 aliphatic carbocycles. The summed E-state index contributed by atoms with van der Waals surface area (Å²) < 4.78 is 1.45. The molecule has 0 aliphatic heterocycles. The topological polar surface area (TPSA) is 117 Å². The van der Waals surface area contributed by atoms with Crippen LogP contribution in [0.15, 0.2) is 43.0 Å². The Balaban J connectivity index is 1.98. The van der Waals surface area contributed by atoms with E-state index in [-0.39, 0.29) is 11.5 Å². The average Bonchev–Trinajstić information content (AvgIpc) is 3.05. The van der Waals surface area contributed by atoms with E-state index in [4.69, 9.17) is 0 Å². The van der Waals surface area contributed by atoms with Gasteiger partial charge >= 0.3 is 0 Å². The Hall–Kier alpha value is -3.71. The van der Waals surface area contributed by atoms with Crippen LogP contribution in [0.25, 0.3) is 23.3 Å². The Bertz CT molecular complexity index is 912. The van der Waals surface area contributed by atoms with E-state index in [1.165, 1.54) is 35.5 Å². The summed E-state index contributed by atoms with van der Waals surface area (Å²) in [4.78, 5) is 33.0. The van der Waals surface area contributed by atoms with Crippen LogP contribution in [0, 0.1) is 10.1 Å². The smallest absolute Gasteiger partial charge is 0.258 e. The van der Waals surface area contributed by atoms with E-state index in [1.807, 2.05) is 0 Å². The SMILES string of the molecule is O=C=Cc1nccnc1-c1ncn(-c2ccc([N+](=O)[O-])cc2)n1. The third-order valence-corrected chi connectivity index (χ3v) is 2.95. The molecule has 0 bridgehead atoms. The molecule has 0 amide bonds. The maximum absolute atomic E-state index is 10.7. The zero-order valence-corrected chi connectivity index (χ0v) is 11.5. The van der Waals surface area contributed by atoms with Gasteiger partial charge in [-0.05, 0) is 12.1 Å². The summed E-state index contributed by atoms with van der Waals surface area (Å²) in [7, 11) is 0. The van der Waals surface area contributed by atoms with Crippen LogP contribution in [0.5, 0.6) is 0 Å². The molecule has 23 heavy (non-hydrogen) atoms. The lowest BCUT2D eigenvalue weighted by Gasteiger charge is -2.00. The molecule has 0 fully saturated rings. The highest BCUT2D eigenvalue weighted by molar-refractivity contribution is 5.78. The molecular formula is C14H8N6O3. The molecule has 0 radical (unpaired) electrons.